The van der Waals surface area contributed by atoms with Gasteiger partial charge in [-0.25, -0.2) is 13.2 Å². The molecule has 0 aliphatic carbocycles. The average Bonchev–Trinajstić information content (AvgIpc) is 3.19. The summed E-state index contributed by atoms with van der Waals surface area (Å²) >= 11 is 1.68. The van der Waals surface area contributed by atoms with Crippen LogP contribution in [-0.2, 0) is 6.54 Å². The number of aliphatic imine (C=N–C) groups is 1. The van der Waals surface area contributed by atoms with E-state index in [-0.39, 0.29) is 0 Å². The molecule has 9 heteroatoms. The van der Waals surface area contributed by atoms with Gasteiger partial charge in [-0.2, -0.15) is 0 Å². The van der Waals surface area contributed by atoms with Gasteiger partial charge in [-0.3, -0.25) is 9.56 Å². The fraction of sp³-hybridized carbons (Fsp3) is 0.174. The lowest BCUT2D eigenvalue weighted by molar-refractivity contribution is 0.549. The number of hydrogen-bond donors (Lipinski definition) is 1. The number of rotatable bonds is 3. The van der Waals surface area contributed by atoms with Crippen LogP contribution in [-0.4, -0.2) is 20.5 Å². The highest BCUT2D eigenvalue weighted by Gasteiger charge is 2.26. The maximum absolute atomic E-state index is 14.0. The van der Waals surface area contributed by atoms with Crippen molar-refractivity contribution in [2.45, 2.75) is 27.3 Å². The summed E-state index contributed by atoms with van der Waals surface area (Å²) in [5, 5.41) is 12.2. The third-order valence-corrected chi connectivity index (χ3v) is 6.70. The van der Waals surface area contributed by atoms with Crippen molar-refractivity contribution in [2.75, 3.05) is 5.32 Å². The zero-order valence-corrected chi connectivity index (χ0v) is 18.3. The van der Waals surface area contributed by atoms with E-state index in [1.54, 1.807) is 23.5 Å². The summed E-state index contributed by atoms with van der Waals surface area (Å²) in [6, 6.07) is 8.40. The molecule has 3 heterocycles. The number of thiophene rings is 1. The van der Waals surface area contributed by atoms with E-state index in [1.165, 1.54) is 4.88 Å². The van der Waals surface area contributed by atoms with E-state index in [0.29, 0.717) is 24.4 Å². The molecule has 1 aliphatic heterocycles. The molecule has 5 rings (SSSR count). The first-order chi connectivity index (χ1) is 15.3. The standard InChI is InChI=1S/C23H18F3N5S/c1-11-12(2)32-23-20(11)21(27-10-19-30-29-13(3)31(19)23)14-4-6-16(7-5-14)28-22-17(25)8-15(24)9-18(22)26/h4-9,28H,10H2,1-3H3. The second kappa shape index (κ2) is 7.59. The van der Waals surface area contributed by atoms with E-state index < -0.39 is 23.1 Å². The molecule has 1 aliphatic rings. The van der Waals surface area contributed by atoms with Gasteiger partial charge in [0, 0.05) is 33.8 Å². The Morgan fingerprint density at radius 1 is 0.969 bits per heavy atom. The number of nitrogens with one attached hydrogen (secondary N) is 1. The zero-order valence-electron chi connectivity index (χ0n) is 17.5. The Morgan fingerprint density at radius 2 is 1.66 bits per heavy atom. The molecule has 0 unspecified atom stereocenters. The van der Waals surface area contributed by atoms with Crippen molar-refractivity contribution in [1.29, 1.82) is 0 Å². The predicted molar refractivity (Wildman–Crippen MR) is 119 cm³/mol. The summed E-state index contributed by atoms with van der Waals surface area (Å²) in [5.41, 5.74) is 3.95. The van der Waals surface area contributed by atoms with E-state index in [9.17, 15) is 13.2 Å². The van der Waals surface area contributed by atoms with E-state index in [2.05, 4.69) is 29.4 Å². The normalized spacial score (nSPS) is 12.8. The van der Waals surface area contributed by atoms with Crippen LogP contribution in [0.4, 0.5) is 24.5 Å². The van der Waals surface area contributed by atoms with Crippen LogP contribution < -0.4 is 5.32 Å². The molecule has 0 bridgehead atoms. The first-order valence-corrected chi connectivity index (χ1v) is 10.7. The summed E-state index contributed by atoms with van der Waals surface area (Å²) in [5.74, 6) is -1.36. The number of aryl methyl sites for hydroxylation is 2. The topological polar surface area (TPSA) is 55.1 Å². The molecule has 4 aromatic rings. The molecule has 0 saturated heterocycles. The summed E-state index contributed by atoms with van der Waals surface area (Å²) < 4.78 is 43.2. The Labute approximate surface area is 186 Å². The van der Waals surface area contributed by atoms with Crippen LogP contribution in [0.5, 0.6) is 0 Å². The molecule has 0 spiro atoms. The minimum Gasteiger partial charge on any atom is -0.351 e. The second-order valence-corrected chi connectivity index (χ2v) is 8.78. The Bertz CT molecular complexity index is 1360. The number of benzene rings is 2. The van der Waals surface area contributed by atoms with Crippen molar-refractivity contribution >= 4 is 28.4 Å². The van der Waals surface area contributed by atoms with Gasteiger partial charge in [0.05, 0.1) is 5.71 Å². The largest absolute Gasteiger partial charge is 0.351 e. The van der Waals surface area contributed by atoms with Crippen LogP contribution in [0, 0.1) is 38.2 Å². The summed E-state index contributed by atoms with van der Waals surface area (Å²) in [6.45, 7) is 6.46. The van der Waals surface area contributed by atoms with Crippen LogP contribution in [0.1, 0.15) is 33.2 Å². The van der Waals surface area contributed by atoms with Crippen molar-refractivity contribution < 1.29 is 13.2 Å². The SMILES string of the molecule is Cc1sc2c(c1C)C(c1ccc(Nc3c(F)cc(F)cc3F)cc1)=NCc1nnc(C)n1-2. The average molecular weight is 453 g/mol. The minimum absolute atomic E-state index is 0.391. The van der Waals surface area contributed by atoms with Gasteiger partial charge in [0.15, 0.2) is 17.5 Å². The van der Waals surface area contributed by atoms with Crippen molar-refractivity contribution in [3.63, 3.8) is 0 Å². The highest BCUT2D eigenvalue weighted by atomic mass is 32.1. The lowest BCUT2D eigenvalue weighted by atomic mass is 9.99. The van der Waals surface area contributed by atoms with Gasteiger partial charge >= 0.3 is 0 Å². The van der Waals surface area contributed by atoms with Crippen molar-refractivity contribution in [3.05, 3.63) is 87.1 Å². The van der Waals surface area contributed by atoms with E-state index in [1.807, 2.05) is 23.6 Å². The van der Waals surface area contributed by atoms with Crippen LogP contribution in [0.2, 0.25) is 0 Å². The molecule has 0 amide bonds. The van der Waals surface area contributed by atoms with Crippen LogP contribution >= 0.6 is 11.3 Å². The van der Waals surface area contributed by atoms with Gasteiger partial charge < -0.3 is 5.32 Å². The number of nitrogens with zero attached hydrogens (tertiary/aromatic N) is 4. The lowest BCUT2D eigenvalue weighted by Gasteiger charge is -2.12. The molecule has 2 aromatic carbocycles. The third-order valence-electron chi connectivity index (χ3n) is 5.51. The van der Waals surface area contributed by atoms with Crippen molar-refractivity contribution in [3.8, 4) is 5.00 Å². The van der Waals surface area contributed by atoms with Crippen molar-refractivity contribution in [2.24, 2.45) is 4.99 Å². The molecule has 162 valence electrons. The van der Waals surface area contributed by atoms with E-state index in [4.69, 9.17) is 4.99 Å². The first kappa shape index (κ1) is 20.4. The quantitative estimate of drug-likeness (QED) is 0.429. The zero-order chi connectivity index (χ0) is 22.6. The molecule has 0 fully saturated rings. The molecule has 32 heavy (non-hydrogen) atoms. The fourth-order valence-electron chi connectivity index (χ4n) is 3.80. The number of hydrogen-bond acceptors (Lipinski definition) is 5. The molecule has 2 aromatic heterocycles. The molecule has 0 saturated carbocycles. The summed E-state index contributed by atoms with van der Waals surface area (Å²) in [7, 11) is 0. The second-order valence-electron chi connectivity index (χ2n) is 7.57. The smallest absolute Gasteiger partial charge is 0.160 e. The van der Waals surface area contributed by atoms with Gasteiger partial charge in [-0.1, -0.05) is 12.1 Å². The number of halogens is 3. The monoisotopic (exact) mass is 453 g/mol. The summed E-state index contributed by atoms with van der Waals surface area (Å²) in [6.07, 6.45) is 0. The number of anilines is 2. The molecular weight excluding hydrogens is 435 g/mol. The highest BCUT2D eigenvalue weighted by Crippen LogP contribution is 2.36. The predicted octanol–water partition coefficient (Wildman–Crippen LogP) is 5.77. The van der Waals surface area contributed by atoms with Gasteiger partial charge in [0.25, 0.3) is 0 Å². The molecule has 0 atom stereocenters. The number of fused-ring (bicyclic) bond motifs is 3. The van der Waals surface area contributed by atoms with E-state index >= 15 is 0 Å². The Hall–Kier alpha value is -3.46. The maximum Gasteiger partial charge on any atom is 0.160 e. The fourth-order valence-corrected chi connectivity index (χ4v) is 5.03. The minimum atomic E-state index is -0.993. The van der Waals surface area contributed by atoms with Gasteiger partial charge in [0.2, 0.25) is 0 Å². The molecule has 1 N–H and O–H groups in total. The Morgan fingerprint density at radius 3 is 2.34 bits per heavy atom. The summed E-state index contributed by atoms with van der Waals surface area (Å²) in [4.78, 5) is 6.02. The Balaban J connectivity index is 1.53. The van der Waals surface area contributed by atoms with Crippen LogP contribution in [0.25, 0.3) is 5.00 Å². The maximum atomic E-state index is 14.0. The molecular formula is C23H18F3N5S. The molecule has 0 radical (unpaired) electrons. The lowest BCUT2D eigenvalue weighted by Crippen LogP contribution is -2.07. The highest BCUT2D eigenvalue weighted by molar-refractivity contribution is 7.15. The van der Waals surface area contributed by atoms with Gasteiger partial charge in [0.1, 0.15) is 28.9 Å². The van der Waals surface area contributed by atoms with Gasteiger partial charge in [-0.05, 0) is 38.5 Å². The first-order valence-electron chi connectivity index (χ1n) is 9.91. The Kier molecular flexibility index (Phi) is 4.85. The van der Waals surface area contributed by atoms with Gasteiger partial charge in [-0.15, -0.1) is 21.5 Å². The van der Waals surface area contributed by atoms with Crippen LogP contribution in [0.15, 0.2) is 41.4 Å². The van der Waals surface area contributed by atoms with Crippen LogP contribution in [0.3, 0.4) is 0 Å². The van der Waals surface area contributed by atoms with E-state index in [0.717, 1.165) is 39.1 Å². The third kappa shape index (κ3) is 3.29. The van der Waals surface area contributed by atoms with Crippen molar-refractivity contribution in [1.82, 2.24) is 14.8 Å². The molecule has 5 nitrogen and oxygen atoms in total. The number of aromatic nitrogens is 3.